The summed E-state index contributed by atoms with van der Waals surface area (Å²) < 4.78 is 5.80. The molecule has 1 N–H and O–H groups in total. The molecule has 18 heavy (non-hydrogen) atoms. The van der Waals surface area contributed by atoms with Gasteiger partial charge in [-0.1, -0.05) is 44.9 Å². The van der Waals surface area contributed by atoms with E-state index in [1.54, 1.807) is 0 Å². The van der Waals surface area contributed by atoms with Crippen molar-refractivity contribution in [1.82, 2.24) is 5.32 Å². The van der Waals surface area contributed by atoms with Gasteiger partial charge in [-0.15, -0.1) is 0 Å². The molecule has 0 fully saturated rings. The lowest BCUT2D eigenvalue weighted by Gasteiger charge is -2.21. The minimum absolute atomic E-state index is 0.535. The van der Waals surface area contributed by atoms with Crippen molar-refractivity contribution in [2.45, 2.75) is 46.2 Å². The van der Waals surface area contributed by atoms with Gasteiger partial charge in [-0.05, 0) is 25.0 Å². The van der Waals surface area contributed by atoms with E-state index in [1.807, 2.05) is 18.2 Å². The highest BCUT2D eigenvalue weighted by atomic mass is 16.3. The molecule has 2 aromatic rings. The van der Waals surface area contributed by atoms with Gasteiger partial charge in [0.15, 0.2) is 0 Å². The summed E-state index contributed by atoms with van der Waals surface area (Å²) in [6.45, 7) is 7.59. The Morgan fingerprint density at radius 3 is 2.56 bits per heavy atom. The van der Waals surface area contributed by atoms with Gasteiger partial charge in [0.1, 0.15) is 11.3 Å². The van der Waals surface area contributed by atoms with Crippen LogP contribution in [0.15, 0.2) is 34.7 Å². The van der Waals surface area contributed by atoms with E-state index in [2.05, 4.69) is 38.2 Å². The third kappa shape index (κ3) is 2.94. The van der Waals surface area contributed by atoms with E-state index < -0.39 is 0 Å². The average Bonchev–Trinajstić information content (AvgIpc) is 2.80. The van der Waals surface area contributed by atoms with E-state index in [0.717, 1.165) is 23.8 Å². The largest absolute Gasteiger partial charge is 0.460 e. The topological polar surface area (TPSA) is 25.2 Å². The van der Waals surface area contributed by atoms with Crippen LogP contribution >= 0.6 is 0 Å². The number of nitrogens with one attached hydrogen (secondary N) is 1. The van der Waals surface area contributed by atoms with E-state index in [1.165, 1.54) is 18.2 Å². The first-order valence-electron chi connectivity index (χ1n) is 6.95. The quantitative estimate of drug-likeness (QED) is 0.818. The highest BCUT2D eigenvalue weighted by molar-refractivity contribution is 5.77. The van der Waals surface area contributed by atoms with Crippen LogP contribution in [0.1, 0.15) is 39.4 Å². The van der Waals surface area contributed by atoms with Crippen LogP contribution < -0.4 is 5.32 Å². The summed E-state index contributed by atoms with van der Waals surface area (Å²) in [4.78, 5) is 0. The number of hydrogen-bond donors (Lipinski definition) is 1. The smallest absolute Gasteiger partial charge is 0.134 e. The van der Waals surface area contributed by atoms with Crippen molar-refractivity contribution in [3.63, 3.8) is 0 Å². The Morgan fingerprint density at radius 1 is 1.17 bits per heavy atom. The van der Waals surface area contributed by atoms with Gasteiger partial charge in [0.2, 0.25) is 0 Å². The standard InChI is InChI=1S/C16H23NO/c1-4-13(5-2)12(3)17-11-15-10-14-8-6-7-9-16(14)18-15/h6-10,12-13,17H,4-5,11H2,1-3H3. The molecule has 0 radical (unpaired) electrons. The van der Waals surface area contributed by atoms with Crippen molar-refractivity contribution >= 4 is 11.0 Å². The van der Waals surface area contributed by atoms with Crippen molar-refractivity contribution in [3.05, 3.63) is 36.1 Å². The Bertz CT molecular complexity index is 452. The minimum Gasteiger partial charge on any atom is -0.460 e. The highest BCUT2D eigenvalue weighted by Gasteiger charge is 2.13. The summed E-state index contributed by atoms with van der Waals surface area (Å²) in [6, 6.07) is 10.8. The first-order chi connectivity index (χ1) is 8.74. The first kappa shape index (κ1) is 13.2. The SMILES string of the molecule is CCC(CC)C(C)NCc1cc2ccccc2o1. The summed E-state index contributed by atoms with van der Waals surface area (Å²) in [5.74, 6) is 1.77. The van der Waals surface area contributed by atoms with E-state index >= 15 is 0 Å². The van der Waals surface area contributed by atoms with Crippen molar-refractivity contribution < 1.29 is 4.42 Å². The van der Waals surface area contributed by atoms with Gasteiger partial charge in [-0.3, -0.25) is 0 Å². The molecule has 0 aliphatic carbocycles. The first-order valence-corrected chi connectivity index (χ1v) is 6.95. The van der Waals surface area contributed by atoms with Gasteiger partial charge >= 0.3 is 0 Å². The summed E-state index contributed by atoms with van der Waals surface area (Å²) in [5, 5.41) is 4.75. The Balaban J connectivity index is 1.97. The maximum Gasteiger partial charge on any atom is 0.134 e. The van der Waals surface area contributed by atoms with Gasteiger partial charge in [-0.25, -0.2) is 0 Å². The van der Waals surface area contributed by atoms with Gasteiger partial charge < -0.3 is 9.73 Å². The molecular formula is C16H23NO. The van der Waals surface area contributed by atoms with Crippen LogP contribution in [0.25, 0.3) is 11.0 Å². The Labute approximate surface area is 109 Å². The zero-order chi connectivity index (χ0) is 13.0. The molecule has 0 bridgehead atoms. The predicted molar refractivity (Wildman–Crippen MR) is 76.6 cm³/mol. The molecule has 0 spiro atoms. The molecule has 2 rings (SSSR count). The summed E-state index contributed by atoms with van der Waals surface area (Å²) in [5.41, 5.74) is 0.976. The third-order valence-electron chi connectivity index (χ3n) is 3.83. The van der Waals surface area contributed by atoms with Gasteiger partial charge in [0.25, 0.3) is 0 Å². The molecule has 1 aromatic carbocycles. The Morgan fingerprint density at radius 2 is 1.89 bits per heavy atom. The molecular weight excluding hydrogens is 222 g/mol. The molecule has 1 aromatic heterocycles. The molecule has 1 atom stereocenters. The second kappa shape index (κ2) is 6.05. The summed E-state index contributed by atoms with van der Waals surface area (Å²) >= 11 is 0. The van der Waals surface area contributed by atoms with E-state index in [4.69, 9.17) is 4.42 Å². The minimum atomic E-state index is 0.535. The zero-order valence-corrected chi connectivity index (χ0v) is 11.6. The number of furan rings is 1. The van der Waals surface area contributed by atoms with Gasteiger partial charge in [0, 0.05) is 11.4 Å². The fourth-order valence-electron chi connectivity index (χ4n) is 2.55. The molecule has 0 saturated carbocycles. The molecule has 98 valence electrons. The maximum absolute atomic E-state index is 5.80. The van der Waals surface area contributed by atoms with Crippen LogP contribution in [0.3, 0.4) is 0 Å². The van der Waals surface area contributed by atoms with Crippen LogP contribution in [0.2, 0.25) is 0 Å². The molecule has 0 saturated heterocycles. The third-order valence-corrected chi connectivity index (χ3v) is 3.83. The maximum atomic E-state index is 5.80. The van der Waals surface area contributed by atoms with Gasteiger partial charge in [0.05, 0.1) is 6.54 Å². The number of benzene rings is 1. The Kier molecular flexibility index (Phi) is 4.43. The lowest BCUT2D eigenvalue weighted by molar-refractivity contribution is 0.342. The predicted octanol–water partition coefficient (Wildman–Crippen LogP) is 4.35. The molecule has 2 heteroatoms. The van der Waals surface area contributed by atoms with Crippen LogP contribution in [-0.4, -0.2) is 6.04 Å². The van der Waals surface area contributed by atoms with Crippen molar-refractivity contribution in [1.29, 1.82) is 0 Å². The van der Waals surface area contributed by atoms with Crippen LogP contribution in [0.5, 0.6) is 0 Å². The second-order valence-corrected chi connectivity index (χ2v) is 5.00. The van der Waals surface area contributed by atoms with Crippen molar-refractivity contribution in [2.75, 3.05) is 0 Å². The van der Waals surface area contributed by atoms with Gasteiger partial charge in [-0.2, -0.15) is 0 Å². The fourth-order valence-corrected chi connectivity index (χ4v) is 2.55. The molecule has 2 nitrogen and oxygen atoms in total. The highest BCUT2D eigenvalue weighted by Crippen LogP contribution is 2.19. The lowest BCUT2D eigenvalue weighted by atomic mass is 9.95. The normalized spacial score (nSPS) is 13.3. The molecule has 1 unspecified atom stereocenters. The molecule has 0 aliphatic heterocycles. The second-order valence-electron chi connectivity index (χ2n) is 5.00. The molecule has 0 aliphatic rings. The van der Waals surface area contributed by atoms with Crippen molar-refractivity contribution in [3.8, 4) is 0 Å². The number of rotatable bonds is 6. The van der Waals surface area contributed by atoms with E-state index in [9.17, 15) is 0 Å². The zero-order valence-electron chi connectivity index (χ0n) is 11.6. The number of fused-ring (bicyclic) bond motifs is 1. The summed E-state index contributed by atoms with van der Waals surface area (Å²) in [7, 11) is 0. The van der Waals surface area contributed by atoms with Crippen LogP contribution in [-0.2, 0) is 6.54 Å². The van der Waals surface area contributed by atoms with Crippen LogP contribution in [0.4, 0.5) is 0 Å². The molecule has 0 amide bonds. The number of para-hydroxylation sites is 1. The average molecular weight is 245 g/mol. The monoisotopic (exact) mass is 245 g/mol. The molecule has 1 heterocycles. The van der Waals surface area contributed by atoms with E-state index in [0.29, 0.717) is 6.04 Å². The van der Waals surface area contributed by atoms with Crippen molar-refractivity contribution in [2.24, 2.45) is 5.92 Å². The number of hydrogen-bond acceptors (Lipinski definition) is 2. The summed E-state index contributed by atoms with van der Waals surface area (Å²) in [6.07, 6.45) is 2.45. The Hall–Kier alpha value is -1.28. The van der Waals surface area contributed by atoms with E-state index in [-0.39, 0.29) is 0 Å². The lowest BCUT2D eigenvalue weighted by Crippen LogP contribution is -2.32. The van der Waals surface area contributed by atoms with Crippen LogP contribution in [0, 0.1) is 5.92 Å². The fraction of sp³-hybridized carbons (Fsp3) is 0.500.